The molecule has 176 valence electrons. The highest BCUT2D eigenvalue weighted by atomic mass is 32.2. The summed E-state index contributed by atoms with van der Waals surface area (Å²) in [5.74, 6) is 0.445. The van der Waals surface area contributed by atoms with Crippen molar-refractivity contribution in [3.8, 4) is 17.1 Å². The first-order valence-electron chi connectivity index (χ1n) is 11.7. The van der Waals surface area contributed by atoms with Crippen LogP contribution in [0.3, 0.4) is 0 Å². The standard InChI is InChI=1S/C25H27N5O2S2/c1-17(23(31)26-14-13-19-11-8-16-33-19)34-25-27-22-21(20-12-6-3-7-15-29(20)25)24(32)30(28-22)18-9-4-2-5-10-18/h2,4-5,8-11,16-17H,3,6-7,12-15H2,1H3,(H,26,31). The Bertz CT molecular complexity index is 1300. The SMILES string of the molecule is CC(Sc1nc2nn(-c3ccccc3)c(=O)c-2c2n1CCCCC2)C(=O)NCCc1cccs1. The molecule has 1 N–H and O–H groups in total. The van der Waals surface area contributed by atoms with Crippen LogP contribution in [-0.4, -0.2) is 37.0 Å². The zero-order chi connectivity index (χ0) is 23.5. The largest absolute Gasteiger partial charge is 0.355 e. The minimum absolute atomic E-state index is 0.00856. The minimum atomic E-state index is -0.309. The highest BCUT2D eigenvalue weighted by Gasteiger charge is 2.28. The number of nitrogens with one attached hydrogen (secondary N) is 1. The van der Waals surface area contributed by atoms with Crippen LogP contribution in [0.15, 0.2) is 57.8 Å². The molecule has 5 rings (SSSR count). The molecule has 2 aromatic rings. The molecular weight excluding hydrogens is 466 g/mol. The van der Waals surface area contributed by atoms with Gasteiger partial charge in [0.05, 0.1) is 10.9 Å². The Kier molecular flexibility index (Phi) is 6.82. The van der Waals surface area contributed by atoms with Crippen LogP contribution in [0.2, 0.25) is 0 Å². The quantitative estimate of drug-likeness (QED) is 0.309. The lowest BCUT2D eigenvalue weighted by molar-refractivity contribution is -0.120. The Labute approximate surface area is 206 Å². The fraction of sp³-hybridized carbons (Fsp3) is 0.360. The van der Waals surface area contributed by atoms with Gasteiger partial charge in [0.1, 0.15) is 5.56 Å². The molecule has 0 bridgehead atoms. The summed E-state index contributed by atoms with van der Waals surface area (Å²) in [4.78, 5) is 32.2. The first-order valence-corrected chi connectivity index (χ1v) is 13.4. The normalized spacial score (nSPS) is 14.5. The molecule has 1 aromatic heterocycles. The Balaban J connectivity index is 1.43. The molecular formula is C25H27N5O2S2. The minimum Gasteiger partial charge on any atom is -0.355 e. The average molecular weight is 494 g/mol. The third-order valence-electron chi connectivity index (χ3n) is 6.07. The monoisotopic (exact) mass is 493 g/mol. The average Bonchev–Trinajstić information content (AvgIpc) is 3.40. The molecule has 0 aliphatic carbocycles. The molecule has 3 aliphatic rings. The van der Waals surface area contributed by atoms with E-state index < -0.39 is 0 Å². The van der Waals surface area contributed by atoms with E-state index >= 15 is 0 Å². The van der Waals surface area contributed by atoms with Gasteiger partial charge in [-0.1, -0.05) is 42.4 Å². The summed E-state index contributed by atoms with van der Waals surface area (Å²) < 4.78 is 3.59. The van der Waals surface area contributed by atoms with Gasteiger partial charge in [-0.3, -0.25) is 9.59 Å². The molecule has 0 saturated heterocycles. The number of rotatable bonds is 7. The van der Waals surface area contributed by atoms with Gasteiger partial charge in [-0.05, 0) is 56.2 Å². The number of thiophene rings is 1. The molecule has 9 heteroatoms. The smallest absolute Gasteiger partial charge is 0.284 e. The van der Waals surface area contributed by atoms with Gasteiger partial charge in [-0.2, -0.15) is 4.68 Å². The third-order valence-corrected chi connectivity index (χ3v) is 8.10. The number of nitrogens with zero attached hydrogens (tertiary/aromatic N) is 4. The lowest BCUT2D eigenvalue weighted by atomic mass is 10.1. The number of thioether (sulfide) groups is 1. The van der Waals surface area contributed by atoms with E-state index in [-0.39, 0.29) is 16.7 Å². The number of amides is 1. The van der Waals surface area contributed by atoms with Crippen molar-refractivity contribution in [2.24, 2.45) is 0 Å². The molecule has 4 heterocycles. The Morgan fingerprint density at radius 3 is 2.82 bits per heavy atom. The zero-order valence-corrected chi connectivity index (χ0v) is 20.7. The number of carbonyl (C=O) groups excluding carboxylic acids is 1. The molecule has 1 aromatic carbocycles. The molecule has 0 fully saturated rings. The molecule has 0 saturated carbocycles. The van der Waals surface area contributed by atoms with Crippen molar-refractivity contribution in [3.63, 3.8) is 0 Å². The van der Waals surface area contributed by atoms with Crippen LogP contribution in [0.5, 0.6) is 0 Å². The van der Waals surface area contributed by atoms with E-state index in [1.807, 2.05) is 48.7 Å². The number of aromatic nitrogens is 4. The third kappa shape index (κ3) is 4.67. The first kappa shape index (κ1) is 22.9. The highest BCUT2D eigenvalue weighted by Crippen LogP contribution is 2.32. The zero-order valence-electron chi connectivity index (χ0n) is 19.1. The number of fused-ring (bicyclic) bond motifs is 3. The Hall–Kier alpha value is -2.91. The van der Waals surface area contributed by atoms with E-state index in [9.17, 15) is 9.59 Å². The van der Waals surface area contributed by atoms with Gasteiger partial charge in [0.15, 0.2) is 11.0 Å². The predicted molar refractivity (Wildman–Crippen MR) is 136 cm³/mol. The molecule has 1 atom stereocenters. The van der Waals surface area contributed by atoms with Crippen LogP contribution >= 0.6 is 23.1 Å². The maximum Gasteiger partial charge on any atom is 0.284 e. The first-order chi connectivity index (χ1) is 16.6. The predicted octanol–water partition coefficient (Wildman–Crippen LogP) is 4.16. The second-order valence-electron chi connectivity index (χ2n) is 8.43. The lowest BCUT2D eigenvalue weighted by Crippen LogP contribution is -2.32. The molecule has 1 amide bonds. The van der Waals surface area contributed by atoms with Gasteiger partial charge in [-0.25, -0.2) is 4.98 Å². The van der Waals surface area contributed by atoms with Crippen LogP contribution in [-0.2, 0) is 24.2 Å². The van der Waals surface area contributed by atoms with E-state index in [4.69, 9.17) is 4.98 Å². The van der Waals surface area contributed by atoms with Crippen molar-refractivity contribution in [1.82, 2.24) is 24.6 Å². The fourth-order valence-electron chi connectivity index (χ4n) is 4.31. The Morgan fingerprint density at radius 2 is 2.03 bits per heavy atom. The number of hydrogen-bond acceptors (Lipinski definition) is 6. The van der Waals surface area contributed by atoms with Crippen LogP contribution in [0.4, 0.5) is 0 Å². The summed E-state index contributed by atoms with van der Waals surface area (Å²) >= 11 is 3.14. The fourth-order valence-corrected chi connectivity index (χ4v) is 5.99. The number of para-hydroxylation sites is 1. The summed E-state index contributed by atoms with van der Waals surface area (Å²) in [6.07, 6.45) is 4.80. The van der Waals surface area contributed by atoms with Gasteiger partial charge in [0.2, 0.25) is 5.91 Å². The summed E-state index contributed by atoms with van der Waals surface area (Å²) in [5, 5.41) is 10.1. The van der Waals surface area contributed by atoms with E-state index in [1.54, 1.807) is 11.3 Å². The molecule has 0 spiro atoms. The number of benzene rings is 1. The van der Waals surface area contributed by atoms with Crippen LogP contribution in [0, 0.1) is 0 Å². The summed E-state index contributed by atoms with van der Waals surface area (Å²) in [6, 6.07) is 13.6. The second-order valence-corrected chi connectivity index (χ2v) is 10.8. The molecule has 3 aliphatic heterocycles. The van der Waals surface area contributed by atoms with Crippen molar-refractivity contribution in [2.45, 2.75) is 56.0 Å². The Morgan fingerprint density at radius 1 is 1.18 bits per heavy atom. The van der Waals surface area contributed by atoms with Gasteiger partial charge in [0.25, 0.3) is 5.56 Å². The van der Waals surface area contributed by atoms with E-state index in [0.29, 0.717) is 17.9 Å². The van der Waals surface area contributed by atoms with Crippen molar-refractivity contribution in [1.29, 1.82) is 0 Å². The van der Waals surface area contributed by atoms with Crippen LogP contribution in [0.25, 0.3) is 17.1 Å². The van der Waals surface area contributed by atoms with Gasteiger partial charge in [0, 0.05) is 23.7 Å². The second kappa shape index (κ2) is 10.1. The molecule has 1 unspecified atom stereocenters. The lowest BCUT2D eigenvalue weighted by Gasteiger charge is -2.19. The van der Waals surface area contributed by atoms with Crippen LogP contribution < -0.4 is 10.9 Å². The van der Waals surface area contributed by atoms with Gasteiger partial charge < -0.3 is 9.88 Å². The topological polar surface area (TPSA) is 81.8 Å². The molecule has 34 heavy (non-hydrogen) atoms. The molecule has 7 nitrogen and oxygen atoms in total. The van der Waals surface area contributed by atoms with E-state index in [1.165, 1.54) is 21.3 Å². The number of hydrogen-bond donors (Lipinski definition) is 1. The highest BCUT2D eigenvalue weighted by molar-refractivity contribution is 8.00. The summed E-state index contributed by atoms with van der Waals surface area (Å²) in [6.45, 7) is 3.31. The van der Waals surface area contributed by atoms with Crippen molar-refractivity contribution < 1.29 is 4.79 Å². The summed E-state index contributed by atoms with van der Waals surface area (Å²) in [7, 11) is 0. The van der Waals surface area contributed by atoms with E-state index in [0.717, 1.165) is 55.2 Å². The maximum absolute atomic E-state index is 13.3. The van der Waals surface area contributed by atoms with Crippen molar-refractivity contribution >= 4 is 29.0 Å². The van der Waals surface area contributed by atoms with Gasteiger partial charge >= 0.3 is 0 Å². The maximum atomic E-state index is 13.3. The molecule has 0 radical (unpaired) electrons. The number of carbonyl (C=O) groups is 1. The van der Waals surface area contributed by atoms with E-state index in [2.05, 4.69) is 21.0 Å². The summed E-state index contributed by atoms with van der Waals surface area (Å²) in [5.41, 5.74) is 2.19. The van der Waals surface area contributed by atoms with Gasteiger partial charge in [-0.15, -0.1) is 16.4 Å². The van der Waals surface area contributed by atoms with Crippen LogP contribution in [0.1, 0.15) is 36.8 Å². The van der Waals surface area contributed by atoms with Crippen molar-refractivity contribution in [3.05, 3.63) is 68.8 Å². The van der Waals surface area contributed by atoms with Crippen molar-refractivity contribution in [2.75, 3.05) is 6.54 Å².